The van der Waals surface area contributed by atoms with E-state index in [1.54, 1.807) is 0 Å². The van der Waals surface area contributed by atoms with Crippen molar-refractivity contribution in [2.75, 3.05) is 26.4 Å². The third kappa shape index (κ3) is 6.31. The molecule has 0 spiro atoms. The topological polar surface area (TPSA) is 44.8 Å². The van der Waals surface area contributed by atoms with Crippen LogP contribution in [0.3, 0.4) is 0 Å². The largest absolute Gasteiger partial charge is 0.490 e. The van der Waals surface area contributed by atoms with Gasteiger partial charge < -0.3 is 14.2 Å². The minimum atomic E-state index is -0.345. The molecule has 0 unspecified atom stereocenters. The molecule has 4 nitrogen and oxygen atoms in total. The Hall–Kier alpha value is -0.870. The van der Waals surface area contributed by atoms with Crippen LogP contribution in [0.1, 0.15) is 0 Å². The molecule has 0 rings (SSSR count). The fraction of sp³-hybridized carbons (Fsp3) is 0.444. The highest BCUT2D eigenvalue weighted by Crippen LogP contribution is 1.95. The molecule has 0 aliphatic rings. The van der Waals surface area contributed by atoms with Gasteiger partial charge in [-0.25, -0.2) is 0 Å². The Bertz CT molecular complexity index is 165. The zero-order valence-corrected chi connectivity index (χ0v) is 7.32. The third-order valence-electron chi connectivity index (χ3n) is 1.15. The van der Waals surface area contributed by atoms with Crippen molar-refractivity contribution in [1.29, 1.82) is 0 Å². The summed E-state index contributed by atoms with van der Waals surface area (Å²) >= 11 is 0. The SMILES string of the molecule is [CH]COC(=C)C(=O)COCCO[CH]. The molecular formula is C9H12O4. The van der Waals surface area contributed by atoms with Crippen LogP contribution in [-0.2, 0) is 19.0 Å². The van der Waals surface area contributed by atoms with Gasteiger partial charge in [-0.3, -0.25) is 4.79 Å². The van der Waals surface area contributed by atoms with Crippen molar-refractivity contribution >= 4 is 5.78 Å². The zero-order chi connectivity index (χ0) is 10.1. The molecule has 0 aromatic heterocycles. The normalized spacial score (nSPS) is 9.69. The maximum atomic E-state index is 11.0. The number of hydrogen-bond donors (Lipinski definition) is 0. The summed E-state index contributed by atoms with van der Waals surface area (Å²) in [7, 11) is 4.73. The Morgan fingerprint density at radius 2 is 2.08 bits per heavy atom. The number of Topliss-reactive ketones (excluding diaryl/α,β-unsaturated/α-hetero) is 1. The number of rotatable bonds is 8. The van der Waals surface area contributed by atoms with Crippen molar-refractivity contribution in [2.24, 2.45) is 0 Å². The number of hydrogen-bond acceptors (Lipinski definition) is 4. The van der Waals surface area contributed by atoms with Crippen molar-refractivity contribution in [3.63, 3.8) is 0 Å². The molecule has 0 N–H and O–H groups in total. The van der Waals surface area contributed by atoms with Crippen LogP contribution in [0.5, 0.6) is 0 Å². The van der Waals surface area contributed by atoms with Crippen LogP contribution in [0, 0.1) is 14.0 Å². The average Bonchev–Trinajstić information content (AvgIpc) is 2.12. The molecule has 0 aromatic rings. The van der Waals surface area contributed by atoms with Gasteiger partial charge in [-0.2, -0.15) is 0 Å². The molecule has 0 aromatic carbocycles. The molecule has 0 bridgehead atoms. The average molecular weight is 184 g/mol. The minimum Gasteiger partial charge on any atom is -0.490 e. The lowest BCUT2D eigenvalue weighted by atomic mass is 10.4. The first-order chi connectivity index (χ1) is 6.22. The van der Waals surface area contributed by atoms with Crippen LogP contribution in [0.2, 0.25) is 0 Å². The Kier molecular flexibility index (Phi) is 7.24. The van der Waals surface area contributed by atoms with Crippen LogP contribution < -0.4 is 0 Å². The second-order valence-electron chi connectivity index (χ2n) is 2.08. The van der Waals surface area contributed by atoms with E-state index in [9.17, 15) is 4.79 Å². The molecular weight excluding hydrogens is 172 g/mol. The van der Waals surface area contributed by atoms with Gasteiger partial charge in [-0.05, 0) is 0 Å². The van der Waals surface area contributed by atoms with Gasteiger partial charge in [0.1, 0.15) is 13.7 Å². The molecule has 0 saturated heterocycles. The highest BCUT2D eigenvalue weighted by molar-refractivity contribution is 5.93. The lowest BCUT2D eigenvalue weighted by molar-refractivity contribution is -0.123. The van der Waals surface area contributed by atoms with Crippen LogP contribution >= 0.6 is 0 Å². The fourth-order valence-corrected chi connectivity index (χ4v) is 0.533. The summed E-state index contributed by atoms with van der Waals surface area (Å²) in [5.74, 6) is -0.348. The number of carbonyl (C=O) groups is 1. The Morgan fingerprint density at radius 1 is 1.38 bits per heavy atom. The molecule has 13 heavy (non-hydrogen) atoms. The summed E-state index contributed by atoms with van der Waals surface area (Å²) in [5.41, 5.74) is 0. The Labute approximate surface area is 78.5 Å². The van der Waals surface area contributed by atoms with Crippen molar-refractivity contribution in [3.8, 4) is 0 Å². The van der Waals surface area contributed by atoms with Gasteiger partial charge in [-0.15, -0.1) is 0 Å². The highest BCUT2D eigenvalue weighted by Gasteiger charge is 2.07. The zero-order valence-electron chi connectivity index (χ0n) is 7.32. The molecule has 72 valence electrons. The molecule has 0 aliphatic carbocycles. The third-order valence-corrected chi connectivity index (χ3v) is 1.15. The first kappa shape index (κ1) is 12.1. The number of ether oxygens (including phenoxy) is 3. The molecule has 4 radical (unpaired) electrons. The quantitative estimate of drug-likeness (QED) is 0.313. The molecule has 0 heterocycles. The monoisotopic (exact) mass is 184 g/mol. The van der Waals surface area contributed by atoms with E-state index in [4.69, 9.17) is 18.8 Å². The van der Waals surface area contributed by atoms with Gasteiger partial charge in [0.05, 0.1) is 19.8 Å². The van der Waals surface area contributed by atoms with E-state index < -0.39 is 0 Å². The molecule has 0 saturated carbocycles. The summed E-state index contributed by atoms with van der Waals surface area (Å²) in [5, 5.41) is 0. The van der Waals surface area contributed by atoms with Gasteiger partial charge in [0.2, 0.25) is 5.78 Å². The summed E-state index contributed by atoms with van der Waals surface area (Å²) < 4.78 is 13.7. The summed E-state index contributed by atoms with van der Waals surface area (Å²) in [4.78, 5) is 11.0. The maximum absolute atomic E-state index is 11.0. The summed E-state index contributed by atoms with van der Waals surface area (Å²) in [6.45, 7) is 8.69. The Morgan fingerprint density at radius 3 is 2.62 bits per heavy atom. The predicted octanol–water partition coefficient (Wildman–Crippen LogP) is 0.499. The molecule has 0 amide bonds. The minimum absolute atomic E-state index is 0.00355. The highest BCUT2D eigenvalue weighted by atomic mass is 16.5. The van der Waals surface area contributed by atoms with Crippen LogP contribution in [0.4, 0.5) is 0 Å². The van der Waals surface area contributed by atoms with Crippen LogP contribution in [0.15, 0.2) is 12.3 Å². The van der Waals surface area contributed by atoms with E-state index in [-0.39, 0.29) is 38.0 Å². The van der Waals surface area contributed by atoms with Crippen molar-refractivity contribution in [3.05, 3.63) is 26.4 Å². The smallest absolute Gasteiger partial charge is 0.222 e. The second-order valence-corrected chi connectivity index (χ2v) is 2.08. The standard InChI is InChI=1S/C9H12O4/c1-4-13-8(2)9(10)7-12-6-5-11-3/h1,3H,2,4-7H2. The van der Waals surface area contributed by atoms with E-state index in [2.05, 4.69) is 16.1 Å². The van der Waals surface area contributed by atoms with E-state index in [1.807, 2.05) is 0 Å². The first-order valence-electron chi connectivity index (χ1n) is 3.66. The van der Waals surface area contributed by atoms with Gasteiger partial charge >= 0.3 is 0 Å². The van der Waals surface area contributed by atoms with E-state index in [0.29, 0.717) is 0 Å². The fourth-order valence-electron chi connectivity index (χ4n) is 0.533. The molecule has 0 atom stereocenters. The summed E-state index contributed by atoms with van der Waals surface area (Å²) in [6, 6.07) is 0. The van der Waals surface area contributed by atoms with Crippen molar-refractivity contribution in [2.45, 2.75) is 0 Å². The molecule has 0 aliphatic heterocycles. The lowest BCUT2D eigenvalue weighted by Crippen LogP contribution is -2.14. The first-order valence-corrected chi connectivity index (χ1v) is 3.66. The Balaban J connectivity index is 3.44. The van der Waals surface area contributed by atoms with E-state index in [1.165, 1.54) is 0 Å². The van der Waals surface area contributed by atoms with E-state index >= 15 is 0 Å². The lowest BCUT2D eigenvalue weighted by Gasteiger charge is -2.05. The van der Waals surface area contributed by atoms with Crippen molar-refractivity contribution in [1.82, 2.24) is 0 Å². The van der Waals surface area contributed by atoms with Gasteiger partial charge in [0.15, 0.2) is 5.76 Å². The van der Waals surface area contributed by atoms with E-state index in [0.717, 1.165) is 0 Å². The molecule has 0 fully saturated rings. The van der Waals surface area contributed by atoms with Gasteiger partial charge in [0, 0.05) is 6.92 Å². The van der Waals surface area contributed by atoms with Crippen LogP contribution in [-0.4, -0.2) is 32.2 Å². The maximum Gasteiger partial charge on any atom is 0.222 e. The second kappa shape index (κ2) is 7.76. The van der Waals surface area contributed by atoms with Crippen molar-refractivity contribution < 1.29 is 19.0 Å². The summed E-state index contributed by atoms with van der Waals surface area (Å²) in [6.07, 6.45) is 0. The van der Waals surface area contributed by atoms with Crippen LogP contribution in [0.25, 0.3) is 0 Å². The van der Waals surface area contributed by atoms with Gasteiger partial charge in [-0.1, -0.05) is 6.58 Å². The predicted molar refractivity (Wildman–Crippen MR) is 45.5 cm³/mol. The molecule has 4 heteroatoms. The van der Waals surface area contributed by atoms with Gasteiger partial charge in [0.25, 0.3) is 0 Å². The number of ketones is 1. The number of carbonyl (C=O) groups excluding carboxylic acids is 1.